The van der Waals surface area contributed by atoms with Crippen LogP contribution in [0.1, 0.15) is 42.5 Å². The van der Waals surface area contributed by atoms with Gasteiger partial charge in [-0.1, -0.05) is 0 Å². The smallest absolute Gasteiger partial charge is 0.322 e. The Bertz CT molecular complexity index is 1430. The normalized spacial score (nSPS) is 16.9. The molecule has 2 aromatic rings. The summed E-state index contributed by atoms with van der Waals surface area (Å²) in [4.78, 5) is 38.4. The van der Waals surface area contributed by atoms with Crippen LogP contribution >= 0.6 is 0 Å². The number of hydrogen-bond donors (Lipinski definition) is 3. The van der Waals surface area contributed by atoms with Crippen molar-refractivity contribution >= 4 is 33.4 Å². The second-order valence-electron chi connectivity index (χ2n) is 9.65. The Morgan fingerprint density at radius 2 is 1.73 bits per heavy atom. The summed E-state index contributed by atoms with van der Waals surface area (Å²) in [7, 11) is -1.66. The van der Waals surface area contributed by atoms with Crippen molar-refractivity contribution in [3.8, 4) is 11.5 Å². The molecule has 11 nitrogen and oxygen atoms in total. The van der Waals surface area contributed by atoms with E-state index < -0.39 is 38.1 Å². The van der Waals surface area contributed by atoms with Gasteiger partial charge in [0.2, 0.25) is 0 Å². The van der Waals surface area contributed by atoms with Crippen LogP contribution in [-0.2, 0) is 14.8 Å². The summed E-state index contributed by atoms with van der Waals surface area (Å²) in [5, 5.41) is 5.01. The van der Waals surface area contributed by atoms with Gasteiger partial charge >= 0.3 is 6.03 Å². The van der Waals surface area contributed by atoms with Crippen molar-refractivity contribution < 1.29 is 41.1 Å². The minimum absolute atomic E-state index is 0.0644. The van der Waals surface area contributed by atoms with E-state index in [9.17, 15) is 31.6 Å². The van der Waals surface area contributed by atoms with E-state index in [1.54, 1.807) is 0 Å². The number of rotatable bonds is 11. The average Bonchev–Trinajstić information content (AvgIpc) is 3.20. The van der Waals surface area contributed by atoms with E-state index >= 15 is 0 Å². The molecular formula is C26H30F2N4O7S. The summed E-state index contributed by atoms with van der Waals surface area (Å²) in [6.45, 7) is 1.97. The van der Waals surface area contributed by atoms with Gasteiger partial charge in [-0.25, -0.2) is 22.0 Å². The molecule has 2 saturated heterocycles. The number of unbranched alkanes of at least 4 members (excludes halogenated alkanes) is 1. The molecule has 3 amide bonds. The Balaban J connectivity index is 1.38. The second kappa shape index (κ2) is 11.8. The molecule has 2 aliphatic heterocycles. The van der Waals surface area contributed by atoms with Crippen LogP contribution in [0.4, 0.5) is 19.3 Å². The Hall–Kier alpha value is -3.78. The zero-order valence-electron chi connectivity index (χ0n) is 22.0. The first kappa shape index (κ1) is 29.2. The van der Waals surface area contributed by atoms with Crippen molar-refractivity contribution in [3.63, 3.8) is 0 Å². The molecule has 0 radical (unpaired) electrons. The first-order chi connectivity index (χ1) is 19.0. The van der Waals surface area contributed by atoms with Gasteiger partial charge in [0.25, 0.3) is 15.9 Å². The second-order valence-corrected chi connectivity index (χ2v) is 11.3. The number of likely N-dealkylation sites (tertiary alicyclic amines) is 1. The molecule has 0 unspecified atom stereocenters. The maximum absolute atomic E-state index is 13.6. The SMILES string of the molecule is COc1cc(OC)c(C(=O)CCCCN2CCC3(CC2)NC(=O)NC3=O)cc1NS(=O)(=O)c1ccc(F)c(F)c1. The van der Waals surface area contributed by atoms with Gasteiger partial charge in [-0.3, -0.25) is 19.6 Å². The number of ketones is 1. The van der Waals surface area contributed by atoms with Gasteiger partial charge in [0, 0.05) is 25.6 Å². The molecule has 2 heterocycles. The van der Waals surface area contributed by atoms with Crippen LogP contribution in [0.3, 0.4) is 0 Å². The predicted molar refractivity (Wildman–Crippen MR) is 140 cm³/mol. The van der Waals surface area contributed by atoms with Gasteiger partial charge < -0.3 is 19.7 Å². The molecule has 40 heavy (non-hydrogen) atoms. The number of carbonyl (C=O) groups is 3. The van der Waals surface area contributed by atoms with Gasteiger partial charge in [-0.2, -0.15) is 0 Å². The third-order valence-corrected chi connectivity index (χ3v) is 8.48. The van der Waals surface area contributed by atoms with Crippen LogP contribution in [0.2, 0.25) is 0 Å². The molecule has 0 bridgehead atoms. The third-order valence-electron chi connectivity index (χ3n) is 7.12. The van der Waals surface area contributed by atoms with E-state index in [1.165, 1.54) is 26.4 Å². The minimum Gasteiger partial charge on any atom is -0.496 e. The standard InChI is InChI=1S/C26H30F2N4O7S/c1-38-22-15-23(39-2)20(31-40(36,37)16-6-7-18(27)19(28)13-16)14-17(22)21(33)5-3-4-10-32-11-8-26(9-12-32)24(34)29-25(35)30-26/h6-7,13-15,31H,3-5,8-12H2,1-2H3,(H2,29,30,34,35). The van der Waals surface area contributed by atoms with Crippen molar-refractivity contribution in [2.45, 2.75) is 42.5 Å². The number of ether oxygens (including phenoxy) is 2. The molecule has 14 heteroatoms. The number of methoxy groups -OCH3 is 2. The maximum atomic E-state index is 13.6. The molecule has 4 rings (SSSR count). The Labute approximate surface area is 230 Å². The topological polar surface area (TPSA) is 143 Å². The molecule has 3 N–H and O–H groups in total. The van der Waals surface area contributed by atoms with Gasteiger partial charge in [0.05, 0.1) is 30.4 Å². The molecule has 0 aliphatic carbocycles. The number of nitrogens with one attached hydrogen (secondary N) is 3. The number of carbonyl (C=O) groups excluding carboxylic acids is 3. The summed E-state index contributed by atoms with van der Waals surface area (Å²) in [6, 6.07) is 4.38. The molecular weight excluding hydrogens is 550 g/mol. The van der Waals surface area contributed by atoms with Crippen molar-refractivity contribution in [1.29, 1.82) is 0 Å². The first-order valence-corrected chi connectivity index (χ1v) is 14.1. The lowest BCUT2D eigenvalue weighted by Gasteiger charge is -2.36. The zero-order valence-corrected chi connectivity index (χ0v) is 22.8. The van der Waals surface area contributed by atoms with Crippen molar-refractivity contribution in [2.24, 2.45) is 0 Å². The summed E-state index contributed by atoms with van der Waals surface area (Å²) in [5.41, 5.74) is -0.769. The summed E-state index contributed by atoms with van der Waals surface area (Å²) in [5.74, 6) is -2.82. The molecule has 0 atom stereocenters. The average molecular weight is 581 g/mol. The quantitative estimate of drug-likeness (QED) is 0.209. The summed E-state index contributed by atoms with van der Waals surface area (Å²) in [6.07, 6.45) is 2.42. The fraction of sp³-hybridized carbons (Fsp3) is 0.423. The van der Waals surface area contributed by atoms with E-state index in [2.05, 4.69) is 20.3 Å². The van der Waals surface area contributed by atoms with Crippen molar-refractivity contribution in [2.75, 3.05) is 38.6 Å². The number of sulfonamides is 1. The fourth-order valence-corrected chi connectivity index (χ4v) is 5.91. The number of anilines is 1. The number of nitrogens with zero attached hydrogens (tertiary/aromatic N) is 1. The van der Waals surface area contributed by atoms with Crippen LogP contribution in [-0.4, -0.2) is 70.4 Å². The van der Waals surface area contributed by atoms with Gasteiger partial charge in [-0.15, -0.1) is 0 Å². The highest BCUT2D eigenvalue weighted by molar-refractivity contribution is 7.92. The van der Waals surface area contributed by atoms with E-state index in [0.29, 0.717) is 57.5 Å². The summed E-state index contributed by atoms with van der Waals surface area (Å²) >= 11 is 0. The van der Waals surface area contributed by atoms with Crippen LogP contribution in [0, 0.1) is 11.6 Å². The number of Topliss-reactive ketones (excluding diaryl/α,β-unsaturated/α-hetero) is 1. The lowest BCUT2D eigenvalue weighted by atomic mass is 9.87. The fourth-order valence-electron chi connectivity index (χ4n) is 4.84. The van der Waals surface area contributed by atoms with E-state index in [4.69, 9.17) is 9.47 Å². The van der Waals surface area contributed by atoms with E-state index in [0.717, 1.165) is 6.07 Å². The molecule has 1 spiro atoms. The molecule has 2 aromatic carbocycles. The van der Waals surface area contributed by atoms with Crippen LogP contribution in [0.5, 0.6) is 11.5 Å². The largest absolute Gasteiger partial charge is 0.496 e. The Morgan fingerprint density at radius 3 is 2.33 bits per heavy atom. The zero-order chi connectivity index (χ0) is 29.1. The number of imide groups is 1. The number of piperidine rings is 1. The maximum Gasteiger partial charge on any atom is 0.322 e. The lowest BCUT2D eigenvalue weighted by molar-refractivity contribution is -0.125. The first-order valence-electron chi connectivity index (χ1n) is 12.6. The number of amides is 3. The minimum atomic E-state index is -4.34. The third kappa shape index (κ3) is 6.17. The van der Waals surface area contributed by atoms with Crippen molar-refractivity contribution in [1.82, 2.24) is 15.5 Å². The van der Waals surface area contributed by atoms with Gasteiger partial charge in [-0.05, 0) is 56.5 Å². The van der Waals surface area contributed by atoms with Crippen LogP contribution in [0.15, 0.2) is 35.2 Å². The monoisotopic (exact) mass is 580 g/mol. The number of benzene rings is 2. The number of halogens is 2. The van der Waals surface area contributed by atoms with E-state index in [-0.39, 0.29) is 40.9 Å². The molecule has 0 aromatic heterocycles. The van der Waals surface area contributed by atoms with Crippen molar-refractivity contribution in [3.05, 3.63) is 47.5 Å². The van der Waals surface area contributed by atoms with Gasteiger partial charge in [0.1, 0.15) is 17.0 Å². The Kier molecular flexibility index (Phi) is 8.59. The molecule has 216 valence electrons. The highest BCUT2D eigenvalue weighted by atomic mass is 32.2. The Morgan fingerprint density at radius 1 is 1.02 bits per heavy atom. The van der Waals surface area contributed by atoms with Gasteiger partial charge in [0.15, 0.2) is 17.4 Å². The number of hydrogen-bond acceptors (Lipinski definition) is 8. The molecule has 2 fully saturated rings. The molecule has 0 saturated carbocycles. The summed E-state index contributed by atoms with van der Waals surface area (Å²) < 4.78 is 65.4. The predicted octanol–water partition coefficient (Wildman–Crippen LogP) is 2.81. The van der Waals surface area contributed by atoms with Crippen LogP contribution < -0.4 is 24.8 Å². The highest BCUT2D eigenvalue weighted by Crippen LogP contribution is 2.35. The lowest BCUT2D eigenvalue weighted by Crippen LogP contribution is -2.54. The number of urea groups is 1. The van der Waals surface area contributed by atoms with E-state index in [1.807, 2.05) is 0 Å². The highest BCUT2D eigenvalue weighted by Gasteiger charge is 2.47. The van der Waals surface area contributed by atoms with Crippen LogP contribution in [0.25, 0.3) is 0 Å². The molecule has 2 aliphatic rings.